The summed E-state index contributed by atoms with van der Waals surface area (Å²) in [5.41, 5.74) is 0.921. The molecule has 3 N–H and O–H groups in total. The quantitative estimate of drug-likeness (QED) is 0.529. The van der Waals surface area contributed by atoms with Gasteiger partial charge in [0.15, 0.2) is 5.82 Å². The zero-order chi connectivity index (χ0) is 23.3. The number of fused-ring (bicyclic) bond motifs is 1. The van der Waals surface area contributed by atoms with E-state index in [2.05, 4.69) is 25.5 Å². The second kappa shape index (κ2) is 7.87. The Hall–Kier alpha value is -3.40. The summed E-state index contributed by atoms with van der Waals surface area (Å²) < 4.78 is 0. The summed E-state index contributed by atoms with van der Waals surface area (Å²) in [7, 11) is 0. The number of rotatable bonds is 4. The van der Waals surface area contributed by atoms with Gasteiger partial charge in [-0.1, -0.05) is 11.6 Å². The average Bonchev–Trinajstić information content (AvgIpc) is 3.51. The normalized spacial score (nSPS) is 17.9. The van der Waals surface area contributed by atoms with Crippen molar-refractivity contribution >= 4 is 46.1 Å². The third-order valence-electron chi connectivity index (χ3n) is 6.13. The molecule has 0 bridgehead atoms. The molecule has 2 aliphatic rings. The fourth-order valence-corrected chi connectivity index (χ4v) is 4.41. The number of hydrogen-bond donors (Lipinski definition) is 3. The minimum absolute atomic E-state index is 0.0323. The summed E-state index contributed by atoms with van der Waals surface area (Å²) >= 11 is 6.21. The van der Waals surface area contributed by atoms with Crippen LogP contribution in [-0.2, 0) is 0 Å². The summed E-state index contributed by atoms with van der Waals surface area (Å²) in [4.78, 5) is 36.8. The first-order valence-electron chi connectivity index (χ1n) is 10.8. The molecule has 11 heteroatoms. The molecule has 33 heavy (non-hydrogen) atoms. The van der Waals surface area contributed by atoms with Crippen molar-refractivity contribution in [2.24, 2.45) is 0 Å². The van der Waals surface area contributed by atoms with Gasteiger partial charge in [0.2, 0.25) is 5.82 Å². The van der Waals surface area contributed by atoms with E-state index in [9.17, 15) is 14.7 Å². The number of carbonyl (C=O) groups excluding carboxylic acids is 1. The van der Waals surface area contributed by atoms with E-state index in [0.717, 1.165) is 18.5 Å². The van der Waals surface area contributed by atoms with Crippen LogP contribution in [0.3, 0.4) is 0 Å². The fourth-order valence-electron chi connectivity index (χ4n) is 4.24. The number of amides is 2. The Labute approximate surface area is 194 Å². The maximum atomic E-state index is 13.3. The fraction of sp³-hybridized carbons (Fsp3) is 0.409. The van der Waals surface area contributed by atoms with Crippen LogP contribution in [-0.4, -0.2) is 72.2 Å². The zero-order valence-corrected chi connectivity index (χ0v) is 19.1. The maximum absolute atomic E-state index is 13.3. The van der Waals surface area contributed by atoms with Crippen molar-refractivity contribution in [2.75, 3.05) is 25.0 Å². The molecule has 2 amide bonds. The Morgan fingerprint density at radius 2 is 2.00 bits per heavy atom. The maximum Gasteiger partial charge on any atom is 0.407 e. The first-order valence-corrected chi connectivity index (χ1v) is 11.2. The van der Waals surface area contributed by atoms with Crippen molar-refractivity contribution in [3.63, 3.8) is 0 Å². The predicted molar refractivity (Wildman–Crippen MR) is 123 cm³/mol. The Kier molecular flexibility index (Phi) is 5.12. The summed E-state index contributed by atoms with van der Waals surface area (Å²) in [6.07, 6.45) is 1.30. The molecule has 2 fully saturated rings. The van der Waals surface area contributed by atoms with Crippen LogP contribution in [0.15, 0.2) is 24.3 Å². The molecule has 1 saturated carbocycles. The first kappa shape index (κ1) is 21.4. The van der Waals surface area contributed by atoms with Gasteiger partial charge in [-0.3, -0.25) is 14.8 Å². The van der Waals surface area contributed by atoms with Crippen LogP contribution >= 0.6 is 11.6 Å². The van der Waals surface area contributed by atoms with E-state index < -0.39 is 11.6 Å². The number of aromatic nitrogens is 4. The molecule has 3 aromatic rings. The number of aromatic amines is 1. The average molecular weight is 470 g/mol. The van der Waals surface area contributed by atoms with Gasteiger partial charge in [-0.2, -0.15) is 5.10 Å². The molecule has 0 unspecified atom stereocenters. The van der Waals surface area contributed by atoms with Crippen molar-refractivity contribution in [1.82, 2.24) is 30.0 Å². The third-order valence-corrected chi connectivity index (χ3v) is 6.37. The van der Waals surface area contributed by atoms with Crippen molar-refractivity contribution in [3.8, 4) is 0 Å². The van der Waals surface area contributed by atoms with Crippen LogP contribution in [0.5, 0.6) is 0 Å². The Bertz CT molecular complexity index is 1250. The van der Waals surface area contributed by atoms with E-state index in [0.29, 0.717) is 33.5 Å². The van der Waals surface area contributed by atoms with Crippen LogP contribution in [0.2, 0.25) is 5.02 Å². The first-order chi connectivity index (χ1) is 15.7. The number of nitrogens with one attached hydrogen (secondary N) is 2. The number of halogens is 1. The molecule has 0 radical (unpaired) electrons. The van der Waals surface area contributed by atoms with Crippen LogP contribution in [0.25, 0.3) is 10.9 Å². The largest absolute Gasteiger partial charge is 0.465 e. The van der Waals surface area contributed by atoms with E-state index in [-0.39, 0.29) is 31.4 Å². The van der Waals surface area contributed by atoms with Gasteiger partial charge in [0, 0.05) is 47.7 Å². The third kappa shape index (κ3) is 4.18. The number of H-pyrrole nitrogens is 1. The van der Waals surface area contributed by atoms with Gasteiger partial charge < -0.3 is 15.3 Å². The zero-order valence-electron chi connectivity index (χ0n) is 18.3. The van der Waals surface area contributed by atoms with Gasteiger partial charge in [0.05, 0.1) is 11.1 Å². The highest BCUT2D eigenvalue weighted by molar-refractivity contribution is 6.31. The Morgan fingerprint density at radius 3 is 2.70 bits per heavy atom. The summed E-state index contributed by atoms with van der Waals surface area (Å²) in [6, 6.07) is 7.15. The molecular weight excluding hydrogens is 446 g/mol. The van der Waals surface area contributed by atoms with Crippen molar-refractivity contribution in [1.29, 1.82) is 0 Å². The highest BCUT2D eigenvalue weighted by atomic mass is 35.5. The molecule has 1 aromatic carbocycles. The summed E-state index contributed by atoms with van der Waals surface area (Å²) in [5, 5.41) is 21.2. The number of carboxylic acid groups (broad SMARTS) is 1. The predicted octanol–water partition coefficient (Wildman–Crippen LogP) is 3.84. The van der Waals surface area contributed by atoms with Gasteiger partial charge in [-0.25, -0.2) is 14.8 Å². The lowest BCUT2D eigenvalue weighted by Crippen LogP contribution is -2.61. The second-order valence-corrected chi connectivity index (χ2v) is 9.57. The number of piperazine rings is 1. The summed E-state index contributed by atoms with van der Waals surface area (Å²) in [6.45, 7) is 4.33. The van der Waals surface area contributed by atoms with Gasteiger partial charge in [-0.15, -0.1) is 0 Å². The molecular formula is C22H24ClN7O3. The molecule has 172 valence electrons. The Morgan fingerprint density at radius 1 is 1.21 bits per heavy atom. The molecule has 5 rings (SSSR count). The molecule has 1 aliphatic carbocycles. The second-order valence-electron chi connectivity index (χ2n) is 9.14. The van der Waals surface area contributed by atoms with E-state index in [4.69, 9.17) is 11.6 Å². The lowest BCUT2D eigenvalue weighted by atomic mass is 9.99. The highest BCUT2D eigenvalue weighted by Gasteiger charge is 2.39. The number of hydrogen-bond acceptors (Lipinski definition) is 6. The van der Waals surface area contributed by atoms with Crippen LogP contribution in [0.1, 0.15) is 48.9 Å². The lowest BCUT2D eigenvalue weighted by Gasteiger charge is -2.45. The van der Waals surface area contributed by atoms with E-state index in [1.54, 1.807) is 36.9 Å². The minimum atomic E-state index is -0.998. The van der Waals surface area contributed by atoms with Crippen molar-refractivity contribution in [3.05, 3.63) is 40.8 Å². The number of anilines is 2. The van der Waals surface area contributed by atoms with Crippen molar-refractivity contribution < 1.29 is 14.7 Å². The van der Waals surface area contributed by atoms with Gasteiger partial charge >= 0.3 is 6.09 Å². The van der Waals surface area contributed by atoms with Crippen molar-refractivity contribution in [2.45, 2.75) is 38.1 Å². The molecule has 10 nitrogen and oxygen atoms in total. The molecule has 1 aliphatic heterocycles. The van der Waals surface area contributed by atoms with E-state index >= 15 is 0 Å². The molecule has 2 aromatic heterocycles. The van der Waals surface area contributed by atoms with Crippen LogP contribution in [0, 0.1) is 0 Å². The molecule has 0 atom stereocenters. The van der Waals surface area contributed by atoms with E-state index in [1.807, 2.05) is 6.07 Å². The van der Waals surface area contributed by atoms with Gasteiger partial charge in [-0.05, 0) is 44.9 Å². The van der Waals surface area contributed by atoms with Crippen LogP contribution in [0.4, 0.5) is 16.4 Å². The SMILES string of the molecule is CC1(C)CN(C(=O)c2nc(Nc3cc(C4CC4)[nH]n3)c3cc(Cl)ccc3n2)CCN1C(=O)O. The smallest absolute Gasteiger partial charge is 0.407 e. The highest BCUT2D eigenvalue weighted by Crippen LogP contribution is 2.40. The summed E-state index contributed by atoms with van der Waals surface area (Å²) in [5.74, 6) is 1.24. The topological polar surface area (TPSA) is 127 Å². The van der Waals surface area contributed by atoms with E-state index in [1.165, 1.54) is 4.90 Å². The Balaban J connectivity index is 1.47. The monoisotopic (exact) mass is 469 g/mol. The van der Waals surface area contributed by atoms with Gasteiger partial charge in [0.25, 0.3) is 5.91 Å². The molecule has 3 heterocycles. The number of benzene rings is 1. The molecule has 0 spiro atoms. The van der Waals surface area contributed by atoms with Gasteiger partial charge in [0.1, 0.15) is 5.82 Å². The lowest BCUT2D eigenvalue weighted by molar-refractivity contribution is 0.0217. The van der Waals surface area contributed by atoms with Crippen LogP contribution < -0.4 is 5.32 Å². The number of carbonyl (C=O) groups is 2. The standard InChI is InChI=1S/C22H24ClN7O3/c1-22(2)11-29(7-8-30(22)21(32)33)20(31)19-24-15-6-5-13(23)9-14(15)18(26-19)25-17-10-16(27-28-17)12-3-4-12/h5-6,9-10,12H,3-4,7-8,11H2,1-2H3,(H,32,33)(H2,24,25,26,27,28). The molecule has 1 saturated heterocycles. The minimum Gasteiger partial charge on any atom is -0.465 e. The number of nitrogens with zero attached hydrogens (tertiary/aromatic N) is 5.